The maximum atomic E-state index is 13.1. The van der Waals surface area contributed by atoms with Gasteiger partial charge in [0.2, 0.25) is 5.91 Å². The van der Waals surface area contributed by atoms with Gasteiger partial charge < -0.3 is 19.7 Å². The van der Waals surface area contributed by atoms with Gasteiger partial charge in [0.05, 0.1) is 12.1 Å². The van der Waals surface area contributed by atoms with Crippen molar-refractivity contribution in [3.8, 4) is 11.5 Å². The van der Waals surface area contributed by atoms with Gasteiger partial charge in [-0.3, -0.25) is 9.59 Å². The average molecular weight is 453 g/mol. The average Bonchev–Trinajstić information content (AvgIpc) is 2.73. The normalized spacial score (nSPS) is 11.5. The Balaban J connectivity index is 2.23. The fourth-order valence-electron chi connectivity index (χ4n) is 2.99. The predicted octanol–water partition coefficient (Wildman–Crippen LogP) is 4.32. The minimum Gasteiger partial charge on any atom is -0.497 e. The van der Waals surface area contributed by atoms with E-state index in [1.54, 1.807) is 25.3 Å². The highest BCUT2D eigenvalue weighted by atomic mass is 35.5. The zero-order valence-electron chi connectivity index (χ0n) is 17.3. The maximum absolute atomic E-state index is 13.1. The number of carbonyl (C=O) groups excluding carboxylic acids is 2. The van der Waals surface area contributed by atoms with Gasteiger partial charge in [-0.05, 0) is 49.2 Å². The zero-order chi connectivity index (χ0) is 22.1. The van der Waals surface area contributed by atoms with Crippen LogP contribution in [-0.2, 0) is 16.1 Å². The lowest BCUT2D eigenvalue weighted by molar-refractivity contribution is -0.142. The van der Waals surface area contributed by atoms with Crippen molar-refractivity contribution < 1.29 is 19.1 Å². The topological polar surface area (TPSA) is 67.9 Å². The van der Waals surface area contributed by atoms with Crippen LogP contribution in [0.15, 0.2) is 42.5 Å². The molecule has 2 rings (SSSR count). The highest BCUT2D eigenvalue weighted by molar-refractivity contribution is 6.35. The number of nitrogens with zero attached hydrogens (tertiary/aromatic N) is 1. The van der Waals surface area contributed by atoms with Crippen molar-refractivity contribution in [3.05, 3.63) is 58.1 Å². The number of carbonyl (C=O) groups is 2. The number of likely N-dealkylation sites (N-methyl/N-ethyl adjacent to an activating group) is 1. The molecule has 0 radical (unpaired) electrons. The van der Waals surface area contributed by atoms with Crippen LogP contribution in [0.25, 0.3) is 0 Å². The van der Waals surface area contributed by atoms with E-state index in [1.807, 2.05) is 38.1 Å². The van der Waals surface area contributed by atoms with E-state index in [0.29, 0.717) is 34.5 Å². The molecule has 6 nitrogen and oxygen atoms in total. The first kappa shape index (κ1) is 23.8. The van der Waals surface area contributed by atoms with E-state index in [4.69, 9.17) is 32.7 Å². The number of hydrogen-bond donors (Lipinski definition) is 1. The number of nitrogens with one attached hydrogen (secondary N) is 1. The van der Waals surface area contributed by atoms with Crippen molar-refractivity contribution in [1.82, 2.24) is 10.2 Å². The first-order valence-corrected chi connectivity index (χ1v) is 10.4. The molecule has 0 heterocycles. The summed E-state index contributed by atoms with van der Waals surface area (Å²) in [5, 5.41) is 3.58. The van der Waals surface area contributed by atoms with Crippen molar-refractivity contribution in [2.24, 2.45) is 0 Å². The molecule has 0 aromatic heterocycles. The number of amides is 2. The number of hydrogen-bond acceptors (Lipinski definition) is 4. The third-order valence-corrected chi connectivity index (χ3v) is 5.00. The van der Waals surface area contributed by atoms with Crippen LogP contribution in [-0.4, -0.2) is 43.0 Å². The largest absolute Gasteiger partial charge is 0.497 e. The molecule has 0 saturated carbocycles. The van der Waals surface area contributed by atoms with Crippen LogP contribution >= 0.6 is 23.2 Å². The summed E-state index contributed by atoms with van der Waals surface area (Å²) in [5.41, 5.74) is 0.843. The highest BCUT2D eigenvalue weighted by Crippen LogP contribution is 2.27. The predicted molar refractivity (Wildman–Crippen MR) is 118 cm³/mol. The van der Waals surface area contributed by atoms with Crippen molar-refractivity contribution >= 4 is 35.0 Å². The molecule has 0 saturated heterocycles. The number of halogens is 2. The van der Waals surface area contributed by atoms with E-state index in [-0.39, 0.29) is 25.0 Å². The Kier molecular flexibility index (Phi) is 9.27. The molecule has 0 aliphatic heterocycles. The number of methoxy groups -OCH3 is 1. The van der Waals surface area contributed by atoms with Crippen LogP contribution in [0.2, 0.25) is 10.0 Å². The summed E-state index contributed by atoms with van der Waals surface area (Å²) >= 11 is 12.0. The first-order chi connectivity index (χ1) is 14.4. The van der Waals surface area contributed by atoms with Crippen molar-refractivity contribution in [3.63, 3.8) is 0 Å². The molecule has 8 heteroatoms. The lowest BCUT2D eigenvalue weighted by Gasteiger charge is -2.30. The van der Waals surface area contributed by atoms with E-state index < -0.39 is 6.04 Å². The summed E-state index contributed by atoms with van der Waals surface area (Å²) in [6.07, 6.45) is 0.462. The third-order valence-electron chi connectivity index (χ3n) is 4.47. The molecule has 1 atom stereocenters. The lowest BCUT2D eigenvalue weighted by atomic mass is 10.1. The minimum absolute atomic E-state index is 0.208. The Bertz CT molecular complexity index is 876. The highest BCUT2D eigenvalue weighted by Gasteiger charge is 2.28. The van der Waals surface area contributed by atoms with Crippen molar-refractivity contribution in [2.75, 3.05) is 20.3 Å². The summed E-state index contributed by atoms with van der Waals surface area (Å²) in [5.74, 6) is 0.486. The molecule has 0 unspecified atom stereocenters. The summed E-state index contributed by atoms with van der Waals surface area (Å²) in [6.45, 7) is 4.16. The lowest BCUT2D eigenvalue weighted by Crippen LogP contribution is -2.50. The molecule has 0 aliphatic carbocycles. The first-order valence-electron chi connectivity index (χ1n) is 9.67. The molecular weight excluding hydrogens is 427 g/mol. The van der Waals surface area contributed by atoms with Gasteiger partial charge in [0.15, 0.2) is 6.61 Å². The van der Waals surface area contributed by atoms with Gasteiger partial charge in [0.25, 0.3) is 5.91 Å². The van der Waals surface area contributed by atoms with Gasteiger partial charge >= 0.3 is 0 Å². The third kappa shape index (κ3) is 6.54. The smallest absolute Gasteiger partial charge is 0.261 e. The van der Waals surface area contributed by atoms with Crippen LogP contribution in [0.3, 0.4) is 0 Å². The monoisotopic (exact) mass is 452 g/mol. The second kappa shape index (κ2) is 11.7. The standard InChI is InChI=1S/C22H26Cl2N2O4/c1-4-19(22(28)25-5-2)26(13-15-7-6-8-17(11-15)29-3)21(27)14-30-20-10-9-16(23)12-18(20)24/h6-12,19H,4-5,13-14H2,1-3H3,(H,25,28)/t19-/m0/s1. The van der Waals surface area contributed by atoms with Gasteiger partial charge in [-0.1, -0.05) is 42.3 Å². The minimum atomic E-state index is -0.632. The molecule has 162 valence electrons. The molecule has 2 aromatic carbocycles. The van der Waals surface area contributed by atoms with Gasteiger partial charge in [0.1, 0.15) is 17.5 Å². The molecule has 0 fully saturated rings. The summed E-state index contributed by atoms with van der Waals surface area (Å²) in [7, 11) is 1.58. The Hall–Kier alpha value is -2.44. The fourth-order valence-corrected chi connectivity index (χ4v) is 3.46. The van der Waals surface area contributed by atoms with Gasteiger partial charge in [0, 0.05) is 18.1 Å². The number of ether oxygens (including phenoxy) is 2. The Morgan fingerprint density at radius 3 is 2.53 bits per heavy atom. The molecule has 0 spiro atoms. The van der Waals surface area contributed by atoms with Crippen LogP contribution < -0.4 is 14.8 Å². The molecule has 2 aromatic rings. The van der Waals surface area contributed by atoms with Gasteiger partial charge in [-0.25, -0.2) is 0 Å². The zero-order valence-corrected chi connectivity index (χ0v) is 18.8. The summed E-state index contributed by atoms with van der Waals surface area (Å²) in [6, 6.07) is 11.5. The fraction of sp³-hybridized carbons (Fsp3) is 0.364. The maximum Gasteiger partial charge on any atom is 0.261 e. The number of benzene rings is 2. The van der Waals surface area contributed by atoms with Gasteiger partial charge in [-0.15, -0.1) is 0 Å². The summed E-state index contributed by atoms with van der Waals surface area (Å²) in [4.78, 5) is 27.2. The van der Waals surface area contributed by atoms with Crippen molar-refractivity contribution in [2.45, 2.75) is 32.9 Å². The van der Waals surface area contributed by atoms with Crippen LogP contribution in [0.4, 0.5) is 0 Å². The SMILES string of the molecule is CCNC(=O)[C@H](CC)N(Cc1cccc(OC)c1)C(=O)COc1ccc(Cl)cc1Cl. The van der Waals surface area contributed by atoms with Crippen LogP contribution in [0, 0.1) is 0 Å². The van der Waals surface area contributed by atoms with E-state index in [9.17, 15) is 9.59 Å². The molecule has 1 N–H and O–H groups in total. The van der Waals surface area contributed by atoms with Crippen LogP contribution in [0.5, 0.6) is 11.5 Å². The quantitative estimate of drug-likeness (QED) is 0.582. The Morgan fingerprint density at radius 2 is 1.90 bits per heavy atom. The molecule has 2 amide bonds. The molecular formula is C22H26Cl2N2O4. The van der Waals surface area contributed by atoms with E-state index in [0.717, 1.165) is 5.56 Å². The molecule has 0 aliphatic rings. The Morgan fingerprint density at radius 1 is 1.13 bits per heavy atom. The molecule has 0 bridgehead atoms. The second-order valence-electron chi connectivity index (χ2n) is 6.56. The number of rotatable bonds is 10. The second-order valence-corrected chi connectivity index (χ2v) is 7.40. The van der Waals surface area contributed by atoms with E-state index in [1.165, 1.54) is 4.90 Å². The summed E-state index contributed by atoms with van der Waals surface area (Å²) < 4.78 is 10.9. The van der Waals surface area contributed by atoms with E-state index >= 15 is 0 Å². The van der Waals surface area contributed by atoms with E-state index in [2.05, 4.69) is 5.32 Å². The van der Waals surface area contributed by atoms with Crippen LogP contribution in [0.1, 0.15) is 25.8 Å². The Labute approximate surface area is 187 Å². The van der Waals surface area contributed by atoms with Gasteiger partial charge in [-0.2, -0.15) is 0 Å². The molecule has 30 heavy (non-hydrogen) atoms. The van der Waals surface area contributed by atoms with Crippen molar-refractivity contribution in [1.29, 1.82) is 0 Å².